The third-order valence-electron chi connectivity index (χ3n) is 3.79. The molecule has 0 aliphatic rings. The molecule has 0 saturated heterocycles. The number of thiazole rings is 1. The first-order chi connectivity index (χ1) is 12.2. The third-order valence-corrected chi connectivity index (χ3v) is 5.69. The van der Waals surface area contributed by atoms with E-state index in [1.54, 1.807) is 11.1 Å². The Labute approximate surface area is 153 Å². The van der Waals surface area contributed by atoms with Crippen LogP contribution in [0.4, 0.5) is 5.13 Å². The van der Waals surface area contributed by atoms with Gasteiger partial charge in [0.1, 0.15) is 0 Å². The average molecular weight is 365 g/mol. The summed E-state index contributed by atoms with van der Waals surface area (Å²) in [4.78, 5) is 24.5. The zero-order valence-electron chi connectivity index (χ0n) is 13.5. The van der Waals surface area contributed by atoms with Gasteiger partial charge in [0.2, 0.25) is 0 Å². The first kappa shape index (κ1) is 15.9. The lowest BCUT2D eigenvalue weighted by atomic mass is 10.2. The predicted molar refractivity (Wildman–Crippen MR) is 103 cm³/mol. The number of anilines is 1. The zero-order chi connectivity index (χ0) is 17.2. The Morgan fingerprint density at radius 3 is 2.84 bits per heavy atom. The average Bonchev–Trinajstić information content (AvgIpc) is 3.29. The molecule has 4 aromatic rings. The molecule has 0 N–H and O–H groups in total. The van der Waals surface area contributed by atoms with Gasteiger partial charge in [-0.1, -0.05) is 29.5 Å². The SMILES string of the molecule is Cc1ccc2nc(N(Cc3ccccn3)C(=O)c3cccs3)sc2c1. The summed E-state index contributed by atoms with van der Waals surface area (Å²) in [5.41, 5.74) is 2.93. The third kappa shape index (κ3) is 3.31. The van der Waals surface area contributed by atoms with Crippen LogP contribution in [-0.4, -0.2) is 15.9 Å². The van der Waals surface area contributed by atoms with E-state index in [4.69, 9.17) is 0 Å². The number of benzene rings is 1. The molecule has 25 heavy (non-hydrogen) atoms. The highest BCUT2D eigenvalue weighted by Gasteiger charge is 2.22. The molecule has 4 rings (SSSR count). The van der Waals surface area contributed by atoms with Crippen LogP contribution < -0.4 is 4.90 Å². The number of amides is 1. The number of nitrogens with zero attached hydrogens (tertiary/aromatic N) is 3. The predicted octanol–water partition coefficient (Wildman–Crippen LogP) is 4.91. The minimum atomic E-state index is -0.0450. The van der Waals surface area contributed by atoms with E-state index in [-0.39, 0.29) is 5.91 Å². The van der Waals surface area contributed by atoms with Crippen molar-refractivity contribution >= 4 is 43.9 Å². The summed E-state index contributed by atoms with van der Waals surface area (Å²) in [5.74, 6) is -0.0450. The van der Waals surface area contributed by atoms with E-state index in [9.17, 15) is 4.79 Å². The normalized spacial score (nSPS) is 10.9. The first-order valence-electron chi connectivity index (χ1n) is 7.83. The van der Waals surface area contributed by atoms with Crippen LogP contribution in [0.25, 0.3) is 10.2 Å². The summed E-state index contributed by atoms with van der Waals surface area (Å²) in [6, 6.07) is 15.6. The first-order valence-corrected chi connectivity index (χ1v) is 9.53. The number of thiophene rings is 1. The number of aromatic nitrogens is 2. The number of hydrogen-bond donors (Lipinski definition) is 0. The van der Waals surface area contributed by atoms with Gasteiger partial charge in [0, 0.05) is 6.20 Å². The van der Waals surface area contributed by atoms with Gasteiger partial charge in [-0.25, -0.2) is 4.98 Å². The minimum Gasteiger partial charge on any atom is -0.277 e. The van der Waals surface area contributed by atoms with E-state index >= 15 is 0 Å². The highest BCUT2D eigenvalue weighted by Crippen LogP contribution is 2.31. The molecule has 0 spiro atoms. The van der Waals surface area contributed by atoms with Crippen molar-refractivity contribution in [2.45, 2.75) is 13.5 Å². The second-order valence-corrected chi connectivity index (χ2v) is 7.61. The Morgan fingerprint density at radius 1 is 1.16 bits per heavy atom. The maximum absolute atomic E-state index is 13.0. The Morgan fingerprint density at radius 2 is 2.08 bits per heavy atom. The summed E-state index contributed by atoms with van der Waals surface area (Å²) in [5, 5.41) is 2.61. The molecular formula is C19H15N3OS2. The van der Waals surface area contributed by atoms with Gasteiger partial charge >= 0.3 is 0 Å². The number of carbonyl (C=O) groups is 1. The van der Waals surface area contributed by atoms with Gasteiger partial charge < -0.3 is 0 Å². The standard InChI is InChI=1S/C19H15N3OS2/c1-13-7-8-15-17(11-13)25-19(21-15)22(12-14-5-2-3-9-20-14)18(23)16-6-4-10-24-16/h2-11H,12H2,1H3. The van der Waals surface area contributed by atoms with Crippen molar-refractivity contribution in [2.24, 2.45) is 0 Å². The molecule has 0 bridgehead atoms. The number of aryl methyl sites for hydroxylation is 1. The monoisotopic (exact) mass is 365 g/mol. The van der Waals surface area contributed by atoms with Crippen LogP contribution in [-0.2, 0) is 6.54 Å². The summed E-state index contributed by atoms with van der Waals surface area (Å²) >= 11 is 2.97. The summed E-state index contributed by atoms with van der Waals surface area (Å²) in [6.07, 6.45) is 1.74. The Kier molecular flexibility index (Phi) is 4.29. The van der Waals surface area contributed by atoms with Crippen molar-refractivity contribution < 1.29 is 4.79 Å². The van der Waals surface area contributed by atoms with E-state index in [1.807, 2.05) is 47.8 Å². The molecule has 0 unspecified atom stereocenters. The second kappa shape index (κ2) is 6.74. The summed E-state index contributed by atoms with van der Waals surface area (Å²) in [7, 11) is 0. The van der Waals surface area contributed by atoms with Crippen LogP contribution >= 0.6 is 22.7 Å². The quantitative estimate of drug-likeness (QED) is 0.516. The maximum atomic E-state index is 13.0. The number of rotatable bonds is 4. The minimum absolute atomic E-state index is 0.0450. The van der Waals surface area contributed by atoms with E-state index in [0.717, 1.165) is 15.9 Å². The fourth-order valence-corrected chi connectivity index (χ4v) is 4.28. The highest BCUT2D eigenvalue weighted by molar-refractivity contribution is 7.22. The van der Waals surface area contributed by atoms with Crippen LogP contribution in [0.3, 0.4) is 0 Å². The van der Waals surface area contributed by atoms with Crippen molar-refractivity contribution in [3.8, 4) is 0 Å². The second-order valence-electron chi connectivity index (χ2n) is 5.66. The van der Waals surface area contributed by atoms with Crippen LogP contribution in [0, 0.1) is 6.92 Å². The largest absolute Gasteiger partial charge is 0.277 e. The fraction of sp³-hybridized carbons (Fsp3) is 0.105. The van der Waals surface area contributed by atoms with Crippen molar-refractivity contribution in [1.29, 1.82) is 0 Å². The number of fused-ring (bicyclic) bond motifs is 1. The van der Waals surface area contributed by atoms with Crippen LogP contribution in [0.1, 0.15) is 20.9 Å². The topological polar surface area (TPSA) is 46.1 Å². The number of carbonyl (C=O) groups excluding carboxylic acids is 1. The van der Waals surface area contributed by atoms with Gasteiger partial charge in [-0.05, 0) is 48.2 Å². The molecule has 0 fully saturated rings. The fourth-order valence-electron chi connectivity index (χ4n) is 2.55. The smallest absolute Gasteiger partial charge is 0.270 e. The van der Waals surface area contributed by atoms with Crippen LogP contribution in [0.15, 0.2) is 60.1 Å². The number of pyridine rings is 1. The Balaban J connectivity index is 1.76. The van der Waals surface area contributed by atoms with Gasteiger partial charge in [0.15, 0.2) is 5.13 Å². The maximum Gasteiger partial charge on any atom is 0.270 e. The highest BCUT2D eigenvalue weighted by atomic mass is 32.1. The molecule has 0 saturated carbocycles. The van der Waals surface area contributed by atoms with Crippen molar-refractivity contribution in [2.75, 3.05) is 4.90 Å². The van der Waals surface area contributed by atoms with Crippen molar-refractivity contribution in [3.05, 3.63) is 76.2 Å². The van der Waals surface area contributed by atoms with Crippen LogP contribution in [0.2, 0.25) is 0 Å². The molecule has 3 aromatic heterocycles. The lowest BCUT2D eigenvalue weighted by Crippen LogP contribution is -2.30. The molecule has 4 nitrogen and oxygen atoms in total. The molecular weight excluding hydrogens is 350 g/mol. The Hall–Kier alpha value is -2.57. The summed E-state index contributed by atoms with van der Waals surface area (Å²) in [6.45, 7) is 2.46. The zero-order valence-corrected chi connectivity index (χ0v) is 15.2. The molecule has 0 atom stereocenters. The van der Waals surface area contributed by atoms with Crippen molar-refractivity contribution in [1.82, 2.24) is 9.97 Å². The lowest BCUT2D eigenvalue weighted by molar-refractivity contribution is 0.0988. The van der Waals surface area contributed by atoms with Crippen LogP contribution in [0.5, 0.6) is 0 Å². The molecule has 124 valence electrons. The lowest BCUT2D eigenvalue weighted by Gasteiger charge is -2.18. The number of hydrogen-bond acceptors (Lipinski definition) is 5. The molecule has 1 amide bonds. The van der Waals surface area contributed by atoms with Gasteiger partial charge in [0.05, 0.1) is 27.3 Å². The van der Waals surface area contributed by atoms with E-state index in [1.165, 1.54) is 28.2 Å². The summed E-state index contributed by atoms with van der Waals surface area (Å²) < 4.78 is 1.08. The molecule has 6 heteroatoms. The molecule has 1 aromatic carbocycles. The van der Waals surface area contributed by atoms with Gasteiger partial charge in [-0.15, -0.1) is 11.3 Å². The van der Waals surface area contributed by atoms with E-state index < -0.39 is 0 Å². The molecule has 3 heterocycles. The van der Waals surface area contributed by atoms with Crippen molar-refractivity contribution in [3.63, 3.8) is 0 Å². The van der Waals surface area contributed by atoms with E-state index in [2.05, 4.69) is 23.0 Å². The molecule has 0 aliphatic carbocycles. The Bertz CT molecular complexity index is 1010. The van der Waals surface area contributed by atoms with Gasteiger partial charge in [-0.2, -0.15) is 0 Å². The molecule has 0 radical (unpaired) electrons. The van der Waals surface area contributed by atoms with Gasteiger partial charge in [0.25, 0.3) is 5.91 Å². The molecule has 0 aliphatic heterocycles. The van der Waals surface area contributed by atoms with Gasteiger partial charge in [-0.3, -0.25) is 14.7 Å². The van der Waals surface area contributed by atoms with E-state index in [0.29, 0.717) is 16.6 Å².